The molecule has 3 N–H and O–H groups in total. The van der Waals surface area contributed by atoms with Gasteiger partial charge < -0.3 is 11.1 Å². The molecular formula is C10H17ClN4OS. The van der Waals surface area contributed by atoms with Crippen LogP contribution in [-0.4, -0.2) is 22.6 Å². The highest BCUT2D eigenvalue weighted by molar-refractivity contribution is 7.15. The van der Waals surface area contributed by atoms with Crippen molar-refractivity contribution in [3.8, 4) is 0 Å². The van der Waals surface area contributed by atoms with Gasteiger partial charge in [-0.15, -0.1) is 22.6 Å². The lowest BCUT2D eigenvalue weighted by atomic mass is 9.95. The Hall–Kier alpha value is -0.720. The van der Waals surface area contributed by atoms with Crippen molar-refractivity contribution in [3.63, 3.8) is 0 Å². The third-order valence-electron chi connectivity index (χ3n) is 3.05. The molecule has 0 aliphatic heterocycles. The fourth-order valence-corrected chi connectivity index (χ4v) is 2.80. The molecule has 1 heterocycles. The summed E-state index contributed by atoms with van der Waals surface area (Å²) in [6.45, 7) is 2.46. The Morgan fingerprint density at radius 1 is 1.53 bits per heavy atom. The molecule has 0 bridgehead atoms. The second-order valence-electron chi connectivity index (χ2n) is 4.15. The van der Waals surface area contributed by atoms with Crippen molar-refractivity contribution in [1.29, 1.82) is 0 Å². The maximum Gasteiger partial charge on any atom is 0.229 e. The Morgan fingerprint density at radius 3 is 2.88 bits per heavy atom. The molecule has 1 fully saturated rings. The molecular weight excluding hydrogens is 260 g/mol. The number of aryl methyl sites for hydroxylation is 1. The first kappa shape index (κ1) is 14.3. The van der Waals surface area contributed by atoms with Crippen LogP contribution in [0.5, 0.6) is 0 Å². The number of nitrogens with zero attached hydrogens (tertiary/aromatic N) is 2. The van der Waals surface area contributed by atoms with Gasteiger partial charge in [0.05, 0.1) is 0 Å². The molecule has 1 amide bonds. The molecule has 1 aliphatic rings. The molecule has 96 valence electrons. The first-order chi connectivity index (χ1) is 7.70. The number of nitrogens with one attached hydrogen (secondary N) is 1. The van der Waals surface area contributed by atoms with E-state index in [-0.39, 0.29) is 24.2 Å². The van der Waals surface area contributed by atoms with Crippen molar-refractivity contribution in [3.05, 3.63) is 5.01 Å². The summed E-state index contributed by atoms with van der Waals surface area (Å²) in [5.74, 6) is 0.423. The fraction of sp³-hybridized carbons (Fsp3) is 0.700. The van der Waals surface area contributed by atoms with E-state index in [0.29, 0.717) is 17.6 Å². The van der Waals surface area contributed by atoms with Crippen molar-refractivity contribution in [2.45, 2.75) is 26.2 Å². The lowest BCUT2D eigenvalue weighted by Gasteiger charge is -2.15. The number of hydrogen-bond acceptors (Lipinski definition) is 5. The summed E-state index contributed by atoms with van der Waals surface area (Å²) in [7, 11) is 0. The average molecular weight is 277 g/mol. The maximum atomic E-state index is 12.0. The lowest BCUT2D eigenvalue weighted by Crippen LogP contribution is -2.29. The van der Waals surface area contributed by atoms with Gasteiger partial charge in [0, 0.05) is 5.92 Å². The number of carbonyl (C=O) groups is 1. The molecule has 1 aromatic heterocycles. The molecule has 1 aromatic rings. The van der Waals surface area contributed by atoms with Gasteiger partial charge in [-0.25, -0.2) is 0 Å². The van der Waals surface area contributed by atoms with Crippen LogP contribution >= 0.6 is 23.7 Å². The van der Waals surface area contributed by atoms with Crippen LogP contribution in [0.15, 0.2) is 0 Å². The van der Waals surface area contributed by atoms with Crippen LogP contribution in [0.25, 0.3) is 0 Å². The van der Waals surface area contributed by atoms with Gasteiger partial charge in [0.2, 0.25) is 11.0 Å². The van der Waals surface area contributed by atoms with Crippen molar-refractivity contribution in [2.75, 3.05) is 11.9 Å². The largest absolute Gasteiger partial charge is 0.330 e. The van der Waals surface area contributed by atoms with E-state index in [0.717, 1.165) is 24.3 Å². The summed E-state index contributed by atoms with van der Waals surface area (Å²) < 4.78 is 0. The average Bonchev–Trinajstić information content (AvgIpc) is 2.86. The van der Waals surface area contributed by atoms with Gasteiger partial charge in [-0.1, -0.05) is 17.8 Å². The van der Waals surface area contributed by atoms with Crippen molar-refractivity contribution < 1.29 is 4.79 Å². The molecule has 0 radical (unpaired) electrons. The van der Waals surface area contributed by atoms with Crippen LogP contribution in [0.2, 0.25) is 0 Å². The number of amides is 1. The number of anilines is 1. The third kappa shape index (κ3) is 3.37. The van der Waals surface area contributed by atoms with E-state index in [2.05, 4.69) is 15.5 Å². The van der Waals surface area contributed by atoms with E-state index in [1.807, 2.05) is 6.92 Å². The Labute approximate surface area is 111 Å². The first-order valence-electron chi connectivity index (χ1n) is 5.51. The van der Waals surface area contributed by atoms with E-state index >= 15 is 0 Å². The molecule has 5 nitrogen and oxygen atoms in total. The van der Waals surface area contributed by atoms with E-state index < -0.39 is 0 Å². The second kappa shape index (κ2) is 6.28. The van der Waals surface area contributed by atoms with Crippen LogP contribution < -0.4 is 11.1 Å². The number of carbonyl (C=O) groups excluding carboxylic acids is 1. The predicted octanol–water partition coefficient (Wildman–Crippen LogP) is 1.58. The predicted molar refractivity (Wildman–Crippen MR) is 70.4 cm³/mol. The smallest absolute Gasteiger partial charge is 0.229 e. The highest BCUT2D eigenvalue weighted by atomic mass is 35.5. The second-order valence-corrected chi connectivity index (χ2v) is 5.33. The van der Waals surface area contributed by atoms with E-state index in [1.165, 1.54) is 11.3 Å². The highest BCUT2D eigenvalue weighted by Gasteiger charge is 2.32. The number of nitrogens with two attached hydrogens (primary N) is 1. The van der Waals surface area contributed by atoms with Gasteiger partial charge in [0.1, 0.15) is 5.01 Å². The van der Waals surface area contributed by atoms with Crippen LogP contribution in [-0.2, 0) is 4.79 Å². The standard InChI is InChI=1S/C10H16N4OS.ClH/c1-6-13-14-10(16-6)12-9(15)8-4-2-3-7(8)5-11;/h7-8H,2-5,11H2,1H3,(H,12,14,15);1H/t7-,8-;/m1./s1. The number of aromatic nitrogens is 2. The van der Waals surface area contributed by atoms with E-state index in [9.17, 15) is 4.79 Å². The summed E-state index contributed by atoms with van der Waals surface area (Å²) in [5.41, 5.74) is 5.65. The molecule has 2 atom stereocenters. The van der Waals surface area contributed by atoms with Crippen LogP contribution in [0.1, 0.15) is 24.3 Å². The molecule has 1 saturated carbocycles. The minimum atomic E-state index is 0. The SMILES string of the molecule is Cc1nnc(NC(=O)[C@@H]2CCC[C@@H]2CN)s1.Cl. The summed E-state index contributed by atoms with van der Waals surface area (Å²) in [6.07, 6.45) is 3.09. The Balaban J connectivity index is 0.00000144. The maximum absolute atomic E-state index is 12.0. The zero-order chi connectivity index (χ0) is 11.5. The van der Waals surface area contributed by atoms with E-state index in [1.54, 1.807) is 0 Å². The molecule has 0 saturated heterocycles. The van der Waals surface area contributed by atoms with E-state index in [4.69, 9.17) is 5.73 Å². The minimum absolute atomic E-state index is 0. The topological polar surface area (TPSA) is 80.9 Å². The molecule has 0 aromatic carbocycles. The van der Waals surface area contributed by atoms with Crippen LogP contribution in [0, 0.1) is 18.8 Å². The molecule has 0 spiro atoms. The number of hydrogen-bond donors (Lipinski definition) is 2. The fourth-order valence-electron chi connectivity index (χ4n) is 2.21. The minimum Gasteiger partial charge on any atom is -0.330 e. The van der Waals surface area contributed by atoms with Gasteiger partial charge >= 0.3 is 0 Å². The highest BCUT2D eigenvalue weighted by Crippen LogP contribution is 2.32. The Kier molecular flexibility index (Phi) is 5.30. The van der Waals surface area contributed by atoms with Gasteiger partial charge in [-0.05, 0) is 32.2 Å². The van der Waals surface area contributed by atoms with Gasteiger partial charge in [0.15, 0.2) is 0 Å². The normalized spacial score (nSPS) is 23.2. The molecule has 1 aliphatic carbocycles. The third-order valence-corrected chi connectivity index (χ3v) is 3.81. The van der Waals surface area contributed by atoms with Crippen molar-refractivity contribution in [2.24, 2.45) is 17.6 Å². The molecule has 17 heavy (non-hydrogen) atoms. The summed E-state index contributed by atoms with van der Waals surface area (Å²) in [6, 6.07) is 0. The first-order valence-corrected chi connectivity index (χ1v) is 6.33. The van der Waals surface area contributed by atoms with Gasteiger partial charge in [0.25, 0.3) is 0 Å². The number of rotatable bonds is 3. The van der Waals surface area contributed by atoms with Crippen molar-refractivity contribution in [1.82, 2.24) is 10.2 Å². The quantitative estimate of drug-likeness (QED) is 0.878. The zero-order valence-electron chi connectivity index (χ0n) is 9.68. The molecule has 0 unspecified atom stereocenters. The summed E-state index contributed by atoms with van der Waals surface area (Å²) in [5, 5.41) is 12.0. The summed E-state index contributed by atoms with van der Waals surface area (Å²) in [4.78, 5) is 12.0. The lowest BCUT2D eigenvalue weighted by molar-refractivity contribution is -0.120. The van der Waals surface area contributed by atoms with Crippen LogP contribution in [0.4, 0.5) is 5.13 Å². The number of halogens is 1. The molecule has 7 heteroatoms. The van der Waals surface area contributed by atoms with Gasteiger partial charge in [-0.2, -0.15) is 0 Å². The monoisotopic (exact) mass is 276 g/mol. The summed E-state index contributed by atoms with van der Waals surface area (Å²) >= 11 is 1.40. The van der Waals surface area contributed by atoms with Crippen molar-refractivity contribution >= 4 is 34.8 Å². The molecule has 2 rings (SSSR count). The Bertz CT molecular complexity index is 384. The van der Waals surface area contributed by atoms with Gasteiger partial charge in [-0.3, -0.25) is 4.79 Å². The zero-order valence-corrected chi connectivity index (χ0v) is 11.3. The van der Waals surface area contributed by atoms with Crippen LogP contribution in [0.3, 0.4) is 0 Å². The Morgan fingerprint density at radius 2 is 2.29 bits per heavy atom.